The maximum atomic E-state index is 12.2. The van der Waals surface area contributed by atoms with Crippen LogP contribution in [0.2, 0.25) is 0 Å². The predicted molar refractivity (Wildman–Crippen MR) is 123 cm³/mol. The van der Waals surface area contributed by atoms with Crippen molar-refractivity contribution in [1.82, 2.24) is 15.1 Å². The average molecular weight is 450 g/mol. The number of nitrogens with one attached hydrogen (secondary N) is 2. The van der Waals surface area contributed by atoms with Crippen LogP contribution >= 0.6 is 0 Å². The molecule has 2 aromatic carbocycles. The summed E-state index contributed by atoms with van der Waals surface area (Å²) < 4.78 is 12.0. The lowest BCUT2D eigenvalue weighted by Crippen LogP contribution is -2.35. The normalized spacial score (nSPS) is 10.4. The second kappa shape index (κ2) is 10.4. The highest BCUT2D eigenvalue weighted by atomic mass is 16.5. The molecule has 0 aliphatic rings. The van der Waals surface area contributed by atoms with Crippen molar-refractivity contribution in [1.29, 1.82) is 0 Å². The number of aromatic nitrogens is 2. The van der Waals surface area contributed by atoms with Crippen molar-refractivity contribution in [2.45, 2.75) is 20.8 Å². The van der Waals surface area contributed by atoms with Crippen molar-refractivity contribution < 1.29 is 23.9 Å². The fourth-order valence-corrected chi connectivity index (χ4v) is 3.19. The number of hydrogen-bond acceptors (Lipinski definition) is 6. The summed E-state index contributed by atoms with van der Waals surface area (Å²) in [6, 6.07) is 14.0. The molecule has 9 nitrogen and oxygen atoms in total. The molecule has 0 unspecified atom stereocenters. The average Bonchev–Trinajstić information content (AvgIpc) is 3.14. The number of hydrogen-bond donors (Lipinski definition) is 2. The Morgan fingerprint density at radius 3 is 2.33 bits per heavy atom. The molecule has 1 aromatic heterocycles. The molecule has 0 aliphatic carbocycles. The number of carbonyl (C=O) groups is 3. The van der Waals surface area contributed by atoms with E-state index in [0.717, 1.165) is 22.6 Å². The molecule has 0 fully saturated rings. The number of ether oxygens (including phenoxy) is 2. The maximum Gasteiger partial charge on any atom is 0.338 e. The maximum absolute atomic E-state index is 12.2. The minimum atomic E-state index is -0.640. The van der Waals surface area contributed by atoms with Gasteiger partial charge in [0, 0.05) is 5.69 Å². The van der Waals surface area contributed by atoms with Gasteiger partial charge in [-0.1, -0.05) is 6.07 Å². The molecule has 0 atom stereocenters. The molecule has 0 saturated heterocycles. The molecule has 3 aromatic rings. The van der Waals surface area contributed by atoms with Crippen LogP contribution < -0.4 is 15.4 Å². The van der Waals surface area contributed by atoms with E-state index in [1.54, 1.807) is 41.1 Å². The van der Waals surface area contributed by atoms with Gasteiger partial charge in [0.25, 0.3) is 5.91 Å². The lowest BCUT2D eigenvalue weighted by molar-refractivity contribution is -0.126. The second-order valence-electron chi connectivity index (χ2n) is 7.49. The lowest BCUT2D eigenvalue weighted by atomic mass is 10.2. The zero-order chi connectivity index (χ0) is 24.0. The van der Waals surface area contributed by atoms with Gasteiger partial charge in [0.05, 0.1) is 36.3 Å². The summed E-state index contributed by atoms with van der Waals surface area (Å²) in [5.41, 5.74) is 4.44. The van der Waals surface area contributed by atoms with Crippen LogP contribution in [0.1, 0.15) is 27.3 Å². The van der Waals surface area contributed by atoms with E-state index < -0.39 is 24.4 Å². The van der Waals surface area contributed by atoms with Crippen LogP contribution in [0.3, 0.4) is 0 Å². The Labute approximate surface area is 191 Å². The molecule has 2 amide bonds. The summed E-state index contributed by atoms with van der Waals surface area (Å²) in [4.78, 5) is 36.4. The number of carbonyl (C=O) groups excluding carboxylic acids is 3. The van der Waals surface area contributed by atoms with E-state index >= 15 is 0 Å². The van der Waals surface area contributed by atoms with Crippen molar-refractivity contribution in [3.63, 3.8) is 0 Å². The molecule has 0 bridgehead atoms. The van der Waals surface area contributed by atoms with E-state index in [9.17, 15) is 14.4 Å². The molecule has 2 N–H and O–H groups in total. The van der Waals surface area contributed by atoms with E-state index in [-0.39, 0.29) is 6.54 Å². The highest BCUT2D eigenvalue weighted by Gasteiger charge is 2.13. The van der Waals surface area contributed by atoms with Crippen LogP contribution in [0.5, 0.6) is 5.75 Å². The van der Waals surface area contributed by atoms with Crippen LogP contribution in [0.4, 0.5) is 5.69 Å². The Hall–Kier alpha value is -4.14. The van der Waals surface area contributed by atoms with E-state index in [1.807, 2.05) is 32.9 Å². The Balaban J connectivity index is 1.46. The lowest BCUT2D eigenvalue weighted by Gasteiger charge is -2.11. The van der Waals surface area contributed by atoms with Crippen LogP contribution in [-0.2, 0) is 14.3 Å². The molecule has 1 heterocycles. The van der Waals surface area contributed by atoms with Gasteiger partial charge in [-0.25, -0.2) is 9.48 Å². The summed E-state index contributed by atoms with van der Waals surface area (Å²) >= 11 is 0. The van der Waals surface area contributed by atoms with Crippen molar-refractivity contribution in [2.24, 2.45) is 0 Å². The van der Waals surface area contributed by atoms with Gasteiger partial charge in [0.15, 0.2) is 6.61 Å². The molecule has 0 spiro atoms. The first kappa shape index (κ1) is 23.5. The summed E-state index contributed by atoms with van der Waals surface area (Å²) in [5.74, 6) is -1.15. The smallest absolute Gasteiger partial charge is 0.338 e. The van der Waals surface area contributed by atoms with Crippen LogP contribution in [-0.4, -0.2) is 47.8 Å². The number of amides is 2. The number of anilines is 1. The van der Waals surface area contributed by atoms with Crippen molar-refractivity contribution in [2.75, 3.05) is 25.6 Å². The van der Waals surface area contributed by atoms with Gasteiger partial charge in [-0.2, -0.15) is 5.10 Å². The van der Waals surface area contributed by atoms with E-state index in [0.29, 0.717) is 17.0 Å². The largest absolute Gasteiger partial charge is 0.495 e. The molecular formula is C24H26N4O5. The fourth-order valence-electron chi connectivity index (χ4n) is 3.19. The number of nitrogens with zero attached hydrogens (tertiary/aromatic N) is 2. The standard InChI is InChI=1S/C24H26N4O5/c1-15-5-10-21(32-4)20(11-15)26-22(29)13-25-23(30)14-33-24(31)18-6-8-19(9-7-18)28-17(3)12-16(2)27-28/h5-12H,13-14H2,1-4H3,(H,25,30)(H,26,29). The zero-order valence-corrected chi connectivity index (χ0v) is 19.0. The number of esters is 1. The number of benzene rings is 2. The minimum absolute atomic E-state index is 0.273. The Morgan fingerprint density at radius 2 is 1.70 bits per heavy atom. The third-order valence-corrected chi connectivity index (χ3v) is 4.77. The third kappa shape index (κ3) is 6.19. The van der Waals surface area contributed by atoms with Gasteiger partial charge in [-0.3, -0.25) is 9.59 Å². The van der Waals surface area contributed by atoms with Gasteiger partial charge in [0.2, 0.25) is 5.91 Å². The van der Waals surface area contributed by atoms with Crippen molar-refractivity contribution in [3.05, 3.63) is 71.0 Å². The highest BCUT2D eigenvalue weighted by molar-refractivity contribution is 5.96. The van der Waals surface area contributed by atoms with Crippen molar-refractivity contribution in [3.8, 4) is 11.4 Å². The van der Waals surface area contributed by atoms with Gasteiger partial charge in [-0.05, 0) is 68.8 Å². The molecular weight excluding hydrogens is 424 g/mol. The molecule has 0 radical (unpaired) electrons. The SMILES string of the molecule is COc1ccc(C)cc1NC(=O)CNC(=O)COC(=O)c1ccc(-n2nc(C)cc2C)cc1. The van der Waals surface area contributed by atoms with Gasteiger partial charge < -0.3 is 20.1 Å². The number of methoxy groups -OCH3 is 1. The monoisotopic (exact) mass is 450 g/mol. The zero-order valence-electron chi connectivity index (χ0n) is 19.0. The Bertz CT molecular complexity index is 1170. The first-order valence-corrected chi connectivity index (χ1v) is 10.3. The summed E-state index contributed by atoms with van der Waals surface area (Å²) in [7, 11) is 1.50. The van der Waals surface area contributed by atoms with Crippen LogP contribution in [0.15, 0.2) is 48.5 Å². The first-order chi connectivity index (χ1) is 15.8. The summed E-state index contributed by atoms with van der Waals surface area (Å²) in [6.45, 7) is 4.96. The second-order valence-corrected chi connectivity index (χ2v) is 7.49. The van der Waals surface area contributed by atoms with Gasteiger partial charge >= 0.3 is 5.97 Å². The summed E-state index contributed by atoms with van der Waals surface area (Å²) in [5, 5.41) is 9.50. The van der Waals surface area contributed by atoms with Crippen LogP contribution in [0, 0.1) is 20.8 Å². The molecule has 0 aliphatic heterocycles. The Morgan fingerprint density at radius 1 is 0.970 bits per heavy atom. The number of aryl methyl sites for hydroxylation is 3. The molecule has 172 valence electrons. The first-order valence-electron chi connectivity index (χ1n) is 10.3. The topological polar surface area (TPSA) is 112 Å². The fraction of sp³-hybridized carbons (Fsp3) is 0.250. The third-order valence-electron chi connectivity index (χ3n) is 4.77. The quantitative estimate of drug-likeness (QED) is 0.511. The molecule has 0 saturated carbocycles. The van der Waals surface area contributed by atoms with Crippen LogP contribution in [0.25, 0.3) is 5.69 Å². The van der Waals surface area contributed by atoms with Gasteiger partial charge in [-0.15, -0.1) is 0 Å². The van der Waals surface area contributed by atoms with Crippen molar-refractivity contribution >= 4 is 23.5 Å². The number of rotatable bonds is 8. The predicted octanol–water partition coefficient (Wildman–Crippen LogP) is 2.72. The Kier molecular flexibility index (Phi) is 7.45. The molecule has 3 rings (SSSR count). The van der Waals surface area contributed by atoms with Gasteiger partial charge in [0.1, 0.15) is 5.75 Å². The summed E-state index contributed by atoms with van der Waals surface area (Å²) in [6.07, 6.45) is 0. The highest BCUT2D eigenvalue weighted by Crippen LogP contribution is 2.24. The molecule has 33 heavy (non-hydrogen) atoms. The molecule has 9 heteroatoms. The minimum Gasteiger partial charge on any atom is -0.495 e. The van der Waals surface area contributed by atoms with E-state index in [1.165, 1.54) is 7.11 Å². The van der Waals surface area contributed by atoms with E-state index in [2.05, 4.69) is 15.7 Å². The van der Waals surface area contributed by atoms with E-state index in [4.69, 9.17) is 9.47 Å².